The van der Waals surface area contributed by atoms with Crippen molar-refractivity contribution in [1.29, 1.82) is 0 Å². The average Bonchev–Trinajstić information content (AvgIpc) is 3.06. The number of pyridine rings is 1. The molecule has 2 heterocycles. The van der Waals surface area contributed by atoms with Gasteiger partial charge in [0.1, 0.15) is 5.75 Å². The van der Waals surface area contributed by atoms with Gasteiger partial charge in [-0.25, -0.2) is 0 Å². The highest BCUT2D eigenvalue weighted by molar-refractivity contribution is 7.99. The van der Waals surface area contributed by atoms with Gasteiger partial charge in [-0.1, -0.05) is 30.0 Å². The number of phenolic OH excluding ortho intramolecular Hbond substituents is 1. The molecule has 0 bridgehead atoms. The number of carbonyl (C=O) groups is 1. The molecular weight excluding hydrogens is 350 g/mol. The molecule has 2 aromatic heterocycles. The number of nitrogens with zero attached hydrogens (tertiary/aromatic N) is 4. The maximum absolute atomic E-state index is 12.2. The summed E-state index contributed by atoms with van der Waals surface area (Å²) in [6.07, 6.45) is 5.15. The van der Waals surface area contributed by atoms with Crippen LogP contribution in [-0.2, 0) is 11.3 Å². The Morgan fingerprint density at radius 3 is 2.85 bits per heavy atom. The van der Waals surface area contributed by atoms with E-state index in [2.05, 4.69) is 27.1 Å². The first-order valence-corrected chi connectivity index (χ1v) is 8.82. The number of aromatic nitrogens is 4. The molecular formula is C18H17N5O2S. The van der Waals surface area contributed by atoms with Crippen LogP contribution < -0.4 is 5.32 Å². The minimum atomic E-state index is -0.243. The topological polar surface area (TPSA) is 92.9 Å². The van der Waals surface area contributed by atoms with Crippen molar-refractivity contribution in [1.82, 2.24) is 19.7 Å². The number of hydrogen-bond acceptors (Lipinski definition) is 6. The monoisotopic (exact) mass is 367 g/mol. The van der Waals surface area contributed by atoms with Crippen LogP contribution in [-0.4, -0.2) is 36.5 Å². The smallest absolute Gasteiger partial charge is 0.234 e. The van der Waals surface area contributed by atoms with Crippen molar-refractivity contribution >= 4 is 23.4 Å². The van der Waals surface area contributed by atoms with Gasteiger partial charge in [0, 0.05) is 24.5 Å². The summed E-state index contributed by atoms with van der Waals surface area (Å²) in [5, 5.41) is 21.4. The van der Waals surface area contributed by atoms with Crippen molar-refractivity contribution in [2.75, 3.05) is 11.1 Å². The third kappa shape index (κ3) is 4.09. The standard InChI is InChI=1S/C18H17N5O2S/c1-2-10-23-17(13-6-5-9-19-11-13)21-22-18(23)26-12-16(25)20-14-7-3-4-8-15(14)24/h2-9,11,24H,1,10,12H2,(H,20,25). The lowest BCUT2D eigenvalue weighted by atomic mass is 10.3. The molecule has 0 saturated carbocycles. The number of aromatic hydroxyl groups is 1. The molecule has 132 valence electrons. The van der Waals surface area contributed by atoms with Crippen molar-refractivity contribution in [3.05, 3.63) is 61.4 Å². The minimum Gasteiger partial charge on any atom is -0.506 e. The number of phenols is 1. The molecule has 0 atom stereocenters. The first kappa shape index (κ1) is 17.7. The number of allylic oxidation sites excluding steroid dienone is 1. The SMILES string of the molecule is C=CCn1c(SCC(=O)Nc2ccccc2O)nnc1-c1cccnc1. The number of para-hydroxylation sites is 2. The molecule has 0 radical (unpaired) electrons. The van der Waals surface area contributed by atoms with E-state index >= 15 is 0 Å². The van der Waals surface area contributed by atoms with E-state index in [0.29, 0.717) is 23.2 Å². The molecule has 0 spiro atoms. The zero-order valence-electron chi connectivity index (χ0n) is 13.9. The first-order chi connectivity index (χ1) is 12.7. The number of nitrogens with one attached hydrogen (secondary N) is 1. The van der Waals surface area contributed by atoms with E-state index in [0.717, 1.165) is 5.56 Å². The lowest BCUT2D eigenvalue weighted by Crippen LogP contribution is -2.14. The molecule has 8 heteroatoms. The van der Waals surface area contributed by atoms with Gasteiger partial charge in [0.05, 0.1) is 11.4 Å². The number of hydrogen-bond donors (Lipinski definition) is 2. The van der Waals surface area contributed by atoms with Crippen molar-refractivity contribution in [2.45, 2.75) is 11.7 Å². The fourth-order valence-corrected chi connectivity index (χ4v) is 3.04. The second kappa shape index (κ2) is 8.30. The fourth-order valence-electron chi connectivity index (χ4n) is 2.29. The van der Waals surface area contributed by atoms with Gasteiger partial charge < -0.3 is 10.4 Å². The quantitative estimate of drug-likeness (QED) is 0.379. The highest BCUT2D eigenvalue weighted by Crippen LogP contribution is 2.25. The summed E-state index contributed by atoms with van der Waals surface area (Å²) in [7, 11) is 0. The van der Waals surface area contributed by atoms with Crippen LogP contribution in [0.5, 0.6) is 5.75 Å². The Morgan fingerprint density at radius 1 is 1.27 bits per heavy atom. The van der Waals surface area contributed by atoms with Crippen LogP contribution in [0, 0.1) is 0 Å². The summed E-state index contributed by atoms with van der Waals surface area (Å²) in [6.45, 7) is 4.28. The normalized spacial score (nSPS) is 10.5. The summed E-state index contributed by atoms with van der Waals surface area (Å²) in [6, 6.07) is 10.3. The molecule has 0 aliphatic carbocycles. The lowest BCUT2D eigenvalue weighted by molar-refractivity contribution is -0.113. The molecule has 7 nitrogen and oxygen atoms in total. The summed E-state index contributed by atoms with van der Waals surface area (Å²) in [5.41, 5.74) is 1.22. The van der Waals surface area contributed by atoms with Crippen LogP contribution in [0.4, 0.5) is 5.69 Å². The number of thioether (sulfide) groups is 1. The van der Waals surface area contributed by atoms with Gasteiger partial charge in [0.25, 0.3) is 0 Å². The van der Waals surface area contributed by atoms with Gasteiger partial charge >= 0.3 is 0 Å². The van der Waals surface area contributed by atoms with Crippen LogP contribution in [0.3, 0.4) is 0 Å². The highest BCUT2D eigenvalue weighted by Gasteiger charge is 2.15. The van der Waals surface area contributed by atoms with Gasteiger partial charge in [-0.2, -0.15) is 0 Å². The summed E-state index contributed by atoms with van der Waals surface area (Å²) in [4.78, 5) is 16.3. The molecule has 2 N–H and O–H groups in total. The largest absolute Gasteiger partial charge is 0.506 e. The zero-order valence-corrected chi connectivity index (χ0v) is 14.7. The molecule has 0 fully saturated rings. The maximum atomic E-state index is 12.2. The molecule has 0 saturated heterocycles. The summed E-state index contributed by atoms with van der Waals surface area (Å²) < 4.78 is 1.88. The van der Waals surface area contributed by atoms with Crippen LogP contribution in [0.15, 0.2) is 66.6 Å². The third-order valence-corrected chi connectivity index (χ3v) is 4.43. The minimum absolute atomic E-state index is 0.0274. The molecule has 26 heavy (non-hydrogen) atoms. The Balaban J connectivity index is 1.72. The van der Waals surface area contributed by atoms with Crippen molar-refractivity contribution in [3.63, 3.8) is 0 Å². The van der Waals surface area contributed by atoms with Gasteiger partial charge in [0.15, 0.2) is 11.0 Å². The van der Waals surface area contributed by atoms with Crippen LogP contribution in [0.2, 0.25) is 0 Å². The molecule has 3 aromatic rings. The summed E-state index contributed by atoms with van der Waals surface area (Å²) in [5.74, 6) is 0.588. The first-order valence-electron chi connectivity index (χ1n) is 7.84. The summed E-state index contributed by atoms with van der Waals surface area (Å²) >= 11 is 1.26. The van der Waals surface area contributed by atoms with E-state index in [4.69, 9.17) is 0 Å². The number of amides is 1. The van der Waals surface area contributed by atoms with Crippen molar-refractivity contribution in [3.8, 4) is 17.1 Å². The van der Waals surface area contributed by atoms with Gasteiger partial charge in [-0.05, 0) is 24.3 Å². The van der Waals surface area contributed by atoms with Crippen LogP contribution in [0.1, 0.15) is 0 Å². The van der Waals surface area contributed by atoms with Gasteiger partial charge in [0.2, 0.25) is 5.91 Å². The van der Waals surface area contributed by atoms with Crippen molar-refractivity contribution in [2.24, 2.45) is 0 Å². The fraction of sp³-hybridized carbons (Fsp3) is 0.111. The molecule has 0 aliphatic rings. The Hall–Kier alpha value is -3.13. The molecule has 1 aromatic carbocycles. The second-order valence-corrected chi connectivity index (χ2v) is 6.24. The number of carbonyl (C=O) groups excluding carboxylic acids is 1. The second-order valence-electron chi connectivity index (χ2n) is 5.30. The Bertz CT molecular complexity index is 911. The van der Waals surface area contributed by atoms with E-state index in [9.17, 15) is 9.90 Å². The molecule has 1 amide bonds. The van der Waals surface area contributed by atoms with Crippen LogP contribution in [0.25, 0.3) is 11.4 Å². The van der Waals surface area contributed by atoms with Gasteiger partial charge in [-0.3, -0.25) is 14.3 Å². The number of rotatable bonds is 7. The molecule has 0 aliphatic heterocycles. The Labute approximate surface area is 154 Å². The third-order valence-electron chi connectivity index (χ3n) is 3.46. The maximum Gasteiger partial charge on any atom is 0.234 e. The van der Waals surface area contributed by atoms with Crippen LogP contribution >= 0.6 is 11.8 Å². The number of benzene rings is 1. The molecule has 0 unspecified atom stereocenters. The highest BCUT2D eigenvalue weighted by atomic mass is 32.2. The zero-order chi connectivity index (χ0) is 18.4. The van der Waals surface area contributed by atoms with E-state index in [-0.39, 0.29) is 17.4 Å². The van der Waals surface area contributed by atoms with E-state index in [1.807, 2.05) is 16.7 Å². The van der Waals surface area contributed by atoms with E-state index < -0.39 is 0 Å². The Morgan fingerprint density at radius 2 is 2.12 bits per heavy atom. The van der Waals surface area contributed by atoms with Gasteiger partial charge in [-0.15, -0.1) is 16.8 Å². The predicted molar refractivity (Wildman–Crippen MR) is 101 cm³/mol. The number of anilines is 1. The average molecular weight is 367 g/mol. The predicted octanol–water partition coefficient (Wildman–Crippen LogP) is 2.96. The van der Waals surface area contributed by atoms with E-state index in [1.165, 1.54) is 17.8 Å². The van der Waals surface area contributed by atoms with E-state index in [1.54, 1.807) is 36.7 Å². The molecule has 3 rings (SSSR count). The lowest BCUT2D eigenvalue weighted by Gasteiger charge is -2.08. The Kier molecular flexibility index (Phi) is 5.65. The van der Waals surface area contributed by atoms with Crippen molar-refractivity contribution < 1.29 is 9.90 Å².